The number of rotatable bonds is 6. The molecular formula is C17H31ClN4. The number of nitrogens with zero attached hydrogens (tertiary/aromatic N) is 3. The highest BCUT2D eigenvalue weighted by Crippen LogP contribution is 2.19. The van der Waals surface area contributed by atoms with Crippen LogP contribution in [-0.2, 0) is 6.54 Å². The topological polar surface area (TPSA) is 31.4 Å². The number of piperidine rings is 1. The first-order valence-electron chi connectivity index (χ1n) is 8.15. The number of hydrogen-bond acceptors (Lipinski definition) is 4. The van der Waals surface area contributed by atoms with Crippen LogP contribution in [-0.4, -0.2) is 49.7 Å². The second-order valence-corrected chi connectivity index (χ2v) is 6.53. The van der Waals surface area contributed by atoms with E-state index in [0.717, 1.165) is 24.8 Å². The van der Waals surface area contributed by atoms with Crippen molar-refractivity contribution in [1.82, 2.24) is 15.2 Å². The fourth-order valence-corrected chi connectivity index (χ4v) is 2.99. The molecule has 22 heavy (non-hydrogen) atoms. The van der Waals surface area contributed by atoms with E-state index in [0.29, 0.717) is 6.04 Å². The second-order valence-electron chi connectivity index (χ2n) is 6.53. The van der Waals surface area contributed by atoms with Crippen molar-refractivity contribution < 1.29 is 0 Å². The van der Waals surface area contributed by atoms with E-state index in [1.165, 1.54) is 31.5 Å². The molecule has 5 heteroatoms. The average molecular weight is 327 g/mol. The van der Waals surface area contributed by atoms with Crippen LogP contribution in [0.2, 0.25) is 0 Å². The largest absolute Gasteiger partial charge is 0.357 e. The fourth-order valence-electron chi connectivity index (χ4n) is 2.99. The van der Waals surface area contributed by atoms with Gasteiger partial charge in [-0.25, -0.2) is 4.98 Å². The molecule has 0 radical (unpaired) electrons. The zero-order valence-electron chi connectivity index (χ0n) is 14.4. The van der Waals surface area contributed by atoms with Gasteiger partial charge >= 0.3 is 0 Å². The Labute approximate surface area is 141 Å². The van der Waals surface area contributed by atoms with Crippen molar-refractivity contribution in [3.05, 3.63) is 23.9 Å². The van der Waals surface area contributed by atoms with Gasteiger partial charge in [0.05, 0.1) is 0 Å². The van der Waals surface area contributed by atoms with Crippen molar-refractivity contribution in [1.29, 1.82) is 0 Å². The number of pyridine rings is 1. The average Bonchev–Trinajstić information content (AvgIpc) is 2.48. The van der Waals surface area contributed by atoms with Crippen LogP contribution < -0.4 is 10.2 Å². The van der Waals surface area contributed by atoms with Crippen molar-refractivity contribution in [2.24, 2.45) is 5.92 Å². The molecule has 2 rings (SSSR count). The SMILES string of the molecule is CNCC1CCCN(Cc2ccc(N(C)C(C)C)nc2)C1.Cl. The molecule has 0 spiro atoms. The molecule has 1 aliphatic rings. The van der Waals surface area contributed by atoms with Crippen molar-refractivity contribution in [3.63, 3.8) is 0 Å². The van der Waals surface area contributed by atoms with Crippen molar-refractivity contribution >= 4 is 18.2 Å². The number of aromatic nitrogens is 1. The molecule has 1 atom stereocenters. The highest BCUT2D eigenvalue weighted by Gasteiger charge is 2.19. The lowest BCUT2D eigenvalue weighted by Crippen LogP contribution is -2.38. The summed E-state index contributed by atoms with van der Waals surface area (Å²) in [6.45, 7) is 8.95. The van der Waals surface area contributed by atoms with Gasteiger partial charge in [-0.15, -0.1) is 12.4 Å². The van der Waals surface area contributed by atoms with E-state index in [-0.39, 0.29) is 12.4 Å². The van der Waals surface area contributed by atoms with Crippen LogP contribution in [0.3, 0.4) is 0 Å². The maximum absolute atomic E-state index is 4.61. The number of hydrogen-bond donors (Lipinski definition) is 1. The fraction of sp³-hybridized carbons (Fsp3) is 0.706. The Balaban J connectivity index is 0.00000242. The molecule has 1 aliphatic heterocycles. The monoisotopic (exact) mass is 326 g/mol. The van der Waals surface area contributed by atoms with Gasteiger partial charge in [-0.05, 0) is 64.4 Å². The van der Waals surface area contributed by atoms with E-state index in [1.807, 2.05) is 13.2 Å². The van der Waals surface area contributed by atoms with Gasteiger partial charge in [-0.3, -0.25) is 4.90 Å². The summed E-state index contributed by atoms with van der Waals surface area (Å²) in [5, 5.41) is 3.31. The molecule has 4 nitrogen and oxygen atoms in total. The third-order valence-corrected chi connectivity index (χ3v) is 4.45. The molecule has 1 aromatic rings. The van der Waals surface area contributed by atoms with E-state index in [9.17, 15) is 0 Å². The van der Waals surface area contributed by atoms with Gasteiger partial charge in [-0.2, -0.15) is 0 Å². The summed E-state index contributed by atoms with van der Waals surface area (Å²) in [4.78, 5) is 9.37. The van der Waals surface area contributed by atoms with Gasteiger partial charge in [0.15, 0.2) is 0 Å². The minimum Gasteiger partial charge on any atom is -0.357 e. The Morgan fingerprint density at radius 1 is 1.41 bits per heavy atom. The Morgan fingerprint density at radius 2 is 2.18 bits per heavy atom. The van der Waals surface area contributed by atoms with Gasteiger partial charge in [0, 0.05) is 32.4 Å². The molecule has 1 unspecified atom stereocenters. The third kappa shape index (κ3) is 5.41. The number of nitrogens with one attached hydrogen (secondary N) is 1. The Hall–Kier alpha value is -0.840. The Kier molecular flexibility index (Phi) is 8.15. The number of anilines is 1. The van der Waals surface area contributed by atoms with Crippen LogP contribution >= 0.6 is 12.4 Å². The first kappa shape index (κ1) is 19.2. The molecule has 0 aliphatic carbocycles. The standard InChI is InChI=1S/C17H30N4.ClH/c1-14(2)20(4)17-8-7-16(11-19-17)13-21-9-5-6-15(12-21)10-18-3;/h7-8,11,14-15,18H,5-6,9-10,12-13H2,1-4H3;1H. The molecule has 1 N–H and O–H groups in total. The predicted octanol–water partition coefficient (Wildman–Crippen LogP) is 2.78. The zero-order valence-corrected chi connectivity index (χ0v) is 15.2. The molecule has 0 aromatic carbocycles. The van der Waals surface area contributed by atoms with Crippen molar-refractivity contribution in [2.75, 3.05) is 38.6 Å². The summed E-state index contributed by atoms with van der Waals surface area (Å²) in [6, 6.07) is 4.85. The molecule has 0 saturated carbocycles. The van der Waals surface area contributed by atoms with Crippen LogP contribution in [0, 0.1) is 5.92 Å². The first-order chi connectivity index (χ1) is 10.1. The van der Waals surface area contributed by atoms with Gasteiger partial charge < -0.3 is 10.2 Å². The zero-order chi connectivity index (χ0) is 15.2. The van der Waals surface area contributed by atoms with Gasteiger partial charge in [-0.1, -0.05) is 6.07 Å². The van der Waals surface area contributed by atoms with Crippen molar-refractivity contribution in [3.8, 4) is 0 Å². The molecule has 2 heterocycles. The van der Waals surface area contributed by atoms with Crippen LogP contribution in [0.15, 0.2) is 18.3 Å². The smallest absolute Gasteiger partial charge is 0.128 e. The molecule has 1 fully saturated rings. The minimum absolute atomic E-state index is 0. The summed E-state index contributed by atoms with van der Waals surface area (Å²) in [6.07, 6.45) is 4.71. The van der Waals surface area contributed by atoms with E-state index in [2.05, 4.69) is 53.1 Å². The van der Waals surface area contributed by atoms with Crippen LogP contribution in [0.1, 0.15) is 32.3 Å². The summed E-state index contributed by atoms with van der Waals surface area (Å²) in [5.74, 6) is 1.85. The van der Waals surface area contributed by atoms with E-state index in [1.54, 1.807) is 0 Å². The highest BCUT2D eigenvalue weighted by atomic mass is 35.5. The van der Waals surface area contributed by atoms with Crippen LogP contribution in [0.5, 0.6) is 0 Å². The molecule has 126 valence electrons. The predicted molar refractivity (Wildman–Crippen MR) is 97.0 cm³/mol. The number of likely N-dealkylation sites (tertiary alicyclic amines) is 1. The summed E-state index contributed by atoms with van der Waals surface area (Å²) in [5.41, 5.74) is 1.32. The Bertz CT molecular complexity index is 419. The highest BCUT2D eigenvalue weighted by molar-refractivity contribution is 5.85. The second kappa shape index (κ2) is 9.33. The molecule has 0 bridgehead atoms. The lowest BCUT2D eigenvalue weighted by atomic mass is 9.98. The van der Waals surface area contributed by atoms with E-state index < -0.39 is 0 Å². The van der Waals surface area contributed by atoms with E-state index >= 15 is 0 Å². The number of halogens is 1. The lowest BCUT2D eigenvalue weighted by Gasteiger charge is -2.32. The Morgan fingerprint density at radius 3 is 2.77 bits per heavy atom. The molecule has 1 aromatic heterocycles. The van der Waals surface area contributed by atoms with Gasteiger partial charge in [0.25, 0.3) is 0 Å². The van der Waals surface area contributed by atoms with Gasteiger partial charge in [0.1, 0.15) is 5.82 Å². The summed E-state index contributed by atoms with van der Waals surface area (Å²) < 4.78 is 0. The van der Waals surface area contributed by atoms with Crippen LogP contribution in [0.25, 0.3) is 0 Å². The maximum atomic E-state index is 4.61. The minimum atomic E-state index is 0. The quantitative estimate of drug-likeness (QED) is 0.871. The molecule has 0 amide bonds. The van der Waals surface area contributed by atoms with E-state index in [4.69, 9.17) is 0 Å². The van der Waals surface area contributed by atoms with Crippen molar-refractivity contribution in [2.45, 2.75) is 39.3 Å². The third-order valence-electron chi connectivity index (χ3n) is 4.45. The molecule has 1 saturated heterocycles. The first-order valence-corrected chi connectivity index (χ1v) is 8.15. The lowest BCUT2D eigenvalue weighted by molar-refractivity contribution is 0.166. The summed E-state index contributed by atoms with van der Waals surface area (Å²) >= 11 is 0. The normalized spacial score (nSPS) is 19.0. The maximum Gasteiger partial charge on any atom is 0.128 e. The van der Waals surface area contributed by atoms with Gasteiger partial charge in [0.2, 0.25) is 0 Å². The summed E-state index contributed by atoms with van der Waals surface area (Å²) in [7, 11) is 4.15. The molecular weight excluding hydrogens is 296 g/mol. The van der Waals surface area contributed by atoms with Crippen LogP contribution in [0.4, 0.5) is 5.82 Å².